The van der Waals surface area contributed by atoms with Crippen molar-refractivity contribution in [2.75, 3.05) is 6.61 Å². The van der Waals surface area contributed by atoms with Crippen LogP contribution in [0.5, 0.6) is 5.75 Å². The minimum atomic E-state index is -4.86. The number of hydrogen-bond donors (Lipinski definition) is 1. The van der Waals surface area contributed by atoms with Crippen molar-refractivity contribution in [3.05, 3.63) is 29.3 Å². The van der Waals surface area contributed by atoms with E-state index in [1.165, 1.54) is 0 Å². The zero-order valence-electron chi connectivity index (χ0n) is 10.4. The molecule has 2 rings (SSSR count). The number of halogens is 3. The lowest BCUT2D eigenvalue weighted by atomic mass is 9.96. The standard InChI is InChI=1S/C13H14F3NO2/c1-2-8-4-3-5-11-10(8)6-9(7-19-11)17-12(18)13(14,15)16/h3-5,9H,2,6-7H2,1H3,(H,17,18). The lowest BCUT2D eigenvalue weighted by Gasteiger charge is -2.27. The highest BCUT2D eigenvalue weighted by Crippen LogP contribution is 2.28. The first-order valence-electron chi connectivity index (χ1n) is 6.03. The summed E-state index contributed by atoms with van der Waals surface area (Å²) in [4.78, 5) is 10.9. The second-order valence-electron chi connectivity index (χ2n) is 4.43. The average molecular weight is 273 g/mol. The molecular formula is C13H14F3NO2. The number of benzene rings is 1. The predicted molar refractivity (Wildman–Crippen MR) is 63.0 cm³/mol. The van der Waals surface area contributed by atoms with Gasteiger partial charge in [0.15, 0.2) is 0 Å². The van der Waals surface area contributed by atoms with E-state index in [2.05, 4.69) is 0 Å². The Hall–Kier alpha value is -1.72. The molecule has 6 heteroatoms. The molecule has 1 aromatic rings. The zero-order valence-corrected chi connectivity index (χ0v) is 10.4. The van der Waals surface area contributed by atoms with Gasteiger partial charge in [-0.15, -0.1) is 0 Å². The number of amides is 1. The van der Waals surface area contributed by atoms with Gasteiger partial charge in [0.25, 0.3) is 0 Å². The maximum absolute atomic E-state index is 12.2. The first-order valence-corrected chi connectivity index (χ1v) is 6.03. The van der Waals surface area contributed by atoms with E-state index >= 15 is 0 Å². The fraction of sp³-hybridized carbons (Fsp3) is 0.462. The second-order valence-corrected chi connectivity index (χ2v) is 4.43. The maximum Gasteiger partial charge on any atom is 0.471 e. The highest BCUT2D eigenvalue weighted by molar-refractivity contribution is 5.82. The lowest BCUT2D eigenvalue weighted by molar-refractivity contribution is -0.174. The second kappa shape index (κ2) is 5.11. The summed E-state index contributed by atoms with van der Waals surface area (Å²) in [7, 11) is 0. The van der Waals surface area contributed by atoms with Gasteiger partial charge in [0.05, 0.1) is 6.04 Å². The molecule has 1 aliphatic rings. The molecule has 0 fully saturated rings. The fourth-order valence-corrected chi connectivity index (χ4v) is 2.16. The Bertz CT molecular complexity index is 471. The van der Waals surface area contributed by atoms with E-state index in [9.17, 15) is 18.0 Å². The maximum atomic E-state index is 12.2. The Morgan fingerprint density at radius 3 is 2.84 bits per heavy atom. The van der Waals surface area contributed by atoms with Crippen molar-refractivity contribution in [2.24, 2.45) is 0 Å². The van der Waals surface area contributed by atoms with Crippen LogP contribution in [-0.2, 0) is 17.6 Å². The minimum Gasteiger partial charge on any atom is -0.491 e. The van der Waals surface area contributed by atoms with Crippen molar-refractivity contribution in [3.8, 4) is 5.75 Å². The molecule has 1 N–H and O–H groups in total. The average Bonchev–Trinajstić information content (AvgIpc) is 2.36. The molecule has 1 atom stereocenters. The number of fused-ring (bicyclic) bond motifs is 1. The number of alkyl halides is 3. The summed E-state index contributed by atoms with van der Waals surface area (Å²) >= 11 is 0. The number of carbonyl (C=O) groups excluding carboxylic acids is 1. The van der Waals surface area contributed by atoms with E-state index in [0.29, 0.717) is 12.2 Å². The summed E-state index contributed by atoms with van der Waals surface area (Å²) in [6.07, 6.45) is -3.72. The van der Waals surface area contributed by atoms with Crippen LogP contribution in [-0.4, -0.2) is 24.7 Å². The minimum absolute atomic E-state index is 0.0575. The van der Waals surface area contributed by atoms with E-state index in [-0.39, 0.29) is 6.61 Å². The molecule has 19 heavy (non-hydrogen) atoms. The summed E-state index contributed by atoms with van der Waals surface area (Å²) in [5, 5.41) is 1.96. The zero-order chi connectivity index (χ0) is 14.0. The highest BCUT2D eigenvalue weighted by Gasteiger charge is 2.40. The number of nitrogens with one attached hydrogen (secondary N) is 1. The Morgan fingerprint density at radius 2 is 2.21 bits per heavy atom. The Morgan fingerprint density at radius 1 is 1.47 bits per heavy atom. The first kappa shape index (κ1) is 13.7. The molecule has 1 aromatic carbocycles. The topological polar surface area (TPSA) is 38.3 Å². The van der Waals surface area contributed by atoms with Gasteiger partial charge in [0.2, 0.25) is 0 Å². The third kappa shape index (κ3) is 3.00. The van der Waals surface area contributed by atoms with Gasteiger partial charge in [-0.05, 0) is 30.0 Å². The summed E-state index contributed by atoms with van der Waals surface area (Å²) in [5.41, 5.74) is 1.91. The number of aryl methyl sites for hydroxylation is 1. The number of rotatable bonds is 2. The molecule has 104 valence electrons. The molecule has 0 spiro atoms. The Balaban J connectivity index is 2.12. The van der Waals surface area contributed by atoms with Crippen molar-refractivity contribution in [2.45, 2.75) is 32.0 Å². The lowest BCUT2D eigenvalue weighted by Crippen LogP contribution is -2.48. The summed E-state index contributed by atoms with van der Waals surface area (Å²) in [5.74, 6) is -1.23. The predicted octanol–water partition coefficient (Wildman–Crippen LogP) is 2.23. The molecule has 0 aliphatic carbocycles. The van der Waals surface area contributed by atoms with E-state index < -0.39 is 18.1 Å². The third-order valence-corrected chi connectivity index (χ3v) is 3.09. The number of hydrogen-bond acceptors (Lipinski definition) is 2. The van der Waals surface area contributed by atoms with Gasteiger partial charge in [-0.1, -0.05) is 19.1 Å². The number of ether oxygens (including phenoxy) is 1. The molecule has 0 saturated heterocycles. The summed E-state index contributed by atoms with van der Waals surface area (Å²) < 4.78 is 42.0. The van der Waals surface area contributed by atoms with Crippen LogP contribution in [0, 0.1) is 0 Å². The van der Waals surface area contributed by atoms with Gasteiger partial charge in [-0.25, -0.2) is 0 Å². The van der Waals surface area contributed by atoms with Crippen LogP contribution >= 0.6 is 0 Å². The van der Waals surface area contributed by atoms with Crippen LogP contribution < -0.4 is 10.1 Å². The molecule has 1 heterocycles. The van der Waals surface area contributed by atoms with Gasteiger partial charge in [0.1, 0.15) is 12.4 Å². The van der Waals surface area contributed by atoms with Gasteiger partial charge < -0.3 is 10.1 Å². The first-order chi connectivity index (χ1) is 8.91. The van der Waals surface area contributed by atoms with Crippen molar-refractivity contribution < 1.29 is 22.7 Å². The van der Waals surface area contributed by atoms with Gasteiger partial charge in [-0.2, -0.15) is 13.2 Å². The molecule has 0 saturated carbocycles. The van der Waals surface area contributed by atoms with Crippen molar-refractivity contribution in [1.29, 1.82) is 0 Å². The molecular weight excluding hydrogens is 259 g/mol. The fourth-order valence-electron chi connectivity index (χ4n) is 2.16. The van der Waals surface area contributed by atoms with Crippen LogP contribution in [0.2, 0.25) is 0 Å². The summed E-state index contributed by atoms with van der Waals surface area (Å²) in [6.45, 7) is 2.02. The van der Waals surface area contributed by atoms with Crippen LogP contribution in [0.4, 0.5) is 13.2 Å². The quantitative estimate of drug-likeness (QED) is 0.897. The number of carbonyl (C=O) groups is 1. The van der Waals surface area contributed by atoms with Crippen LogP contribution in [0.15, 0.2) is 18.2 Å². The van der Waals surface area contributed by atoms with E-state index in [4.69, 9.17) is 4.74 Å². The van der Waals surface area contributed by atoms with Gasteiger partial charge >= 0.3 is 12.1 Å². The van der Waals surface area contributed by atoms with Crippen LogP contribution in [0.1, 0.15) is 18.1 Å². The van der Waals surface area contributed by atoms with Crippen molar-refractivity contribution in [3.63, 3.8) is 0 Å². The smallest absolute Gasteiger partial charge is 0.471 e. The van der Waals surface area contributed by atoms with Crippen molar-refractivity contribution >= 4 is 5.91 Å². The molecule has 0 aromatic heterocycles. The normalized spacial score (nSPS) is 18.4. The molecule has 1 amide bonds. The molecule has 0 radical (unpaired) electrons. The highest BCUT2D eigenvalue weighted by atomic mass is 19.4. The van der Waals surface area contributed by atoms with Crippen LogP contribution in [0.25, 0.3) is 0 Å². The summed E-state index contributed by atoms with van der Waals surface area (Å²) in [6, 6.07) is 4.91. The largest absolute Gasteiger partial charge is 0.491 e. The molecule has 1 aliphatic heterocycles. The molecule has 1 unspecified atom stereocenters. The molecule has 3 nitrogen and oxygen atoms in total. The van der Waals surface area contributed by atoms with Crippen molar-refractivity contribution in [1.82, 2.24) is 5.32 Å². The van der Waals surface area contributed by atoms with E-state index in [1.54, 1.807) is 6.07 Å². The van der Waals surface area contributed by atoms with E-state index in [0.717, 1.165) is 17.5 Å². The van der Waals surface area contributed by atoms with E-state index in [1.807, 2.05) is 24.4 Å². The third-order valence-electron chi connectivity index (χ3n) is 3.09. The molecule has 0 bridgehead atoms. The Kier molecular flexibility index (Phi) is 3.68. The SMILES string of the molecule is CCc1cccc2c1CC(NC(=O)C(F)(F)F)CO2. The van der Waals surface area contributed by atoms with Gasteiger partial charge in [0, 0.05) is 0 Å². The Labute approximate surface area is 108 Å². The van der Waals surface area contributed by atoms with Gasteiger partial charge in [-0.3, -0.25) is 4.79 Å². The monoisotopic (exact) mass is 273 g/mol. The van der Waals surface area contributed by atoms with Crippen LogP contribution in [0.3, 0.4) is 0 Å².